The zero-order chi connectivity index (χ0) is 7.28. The summed E-state index contributed by atoms with van der Waals surface area (Å²) in [6.07, 6.45) is 3.09. The number of thiol groups is 1. The smallest absolute Gasteiger partial charge is 0.00695 e. The highest BCUT2D eigenvalue weighted by atomic mass is 32.1. The lowest BCUT2D eigenvalue weighted by Gasteiger charge is -2.14. The summed E-state index contributed by atoms with van der Waals surface area (Å²) in [6, 6.07) is 0. The van der Waals surface area contributed by atoms with Gasteiger partial charge in [-0.15, -0.1) is 6.58 Å². The fourth-order valence-electron chi connectivity index (χ4n) is 0.675. The van der Waals surface area contributed by atoms with E-state index in [1.165, 1.54) is 0 Å². The van der Waals surface area contributed by atoms with Gasteiger partial charge in [0.1, 0.15) is 0 Å². The Kier molecular flexibility index (Phi) is 4.97. The van der Waals surface area contributed by atoms with Gasteiger partial charge in [-0.25, -0.2) is 0 Å². The number of rotatable bonds is 4. The lowest BCUT2D eigenvalue weighted by atomic mass is 9.95. The molecule has 0 aromatic rings. The van der Waals surface area contributed by atoms with Gasteiger partial charge in [0.05, 0.1) is 0 Å². The molecule has 0 nitrogen and oxygen atoms in total. The Hall–Kier alpha value is 0.0900. The lowest BCUT2D eigenvalue weighted by molar-refractivity contribution is 0.432. The van der Waals surface area contributed by atoms with Crippen molar-refractivity contribution in [1.29, 1.82) is 0 Å². The van der Waals surface area contributed by atoms with Crippen LogP contribution in [0.5, 0.6) is 0 Å². The van der Waals surface area contributed by atoms with Crippen LogP contribution in [0.3, 0.4) is 0 Å². The van der Waals surface area contributed by atoms with Gasteiger partial charge in [0, 0.05) is 0 Å². The van der Waals surface area contributed by atoms with Crippen molar-refractivity contribution >= 4 is 12.6 Å². The quantitative estimate of drug-likeness (QED) is 0.455. The van der Waals surface area contributed by atoms with Crippen molar-refractivity contribution in [2.45, 2.75) is 20.3 Å². The van der Waals surface area contributed by atoms with Crippen molar-refractivity contribution in [2.75, 3.05) is 5.75 Å². The van der Waals surface area contributed by atoms with Gasteiger partial charge in [0.25, 0.3) is 0 Å². The maximum absolute atomic E-state index is 4.21. The van der Waals surface area contributed by atoms with Gasteiger partial charge < -0.3 is 0 Å². The predicted octanol–water partition coefficient (Wildman–Crippen LogP) is 2.76. The largest absolute Gasteiger partial charge is 0.179 e. The first kappa shape index (κ1) is 9.09. The topological polar surface area (TPSA) is 0 Å². The monoisotopic (exact) mass is 144 g/mol. The van der Waals surface area contributed by atoms with Crippen LogP contribution in [0.2, 0.25) is 0 Å². The van der Waals surface area contributed by atoms with E-state index in [0.29, 0.717) is 5.92 Å². The van der Waals surface area contributed by atoms with Gasteiger partial charge >= 0.3 is 0 Å². The van der Waals surface area contributed by atoms with Crippen LogP contribution in [0.4, 0.5) is 0 Å². The molecule has 0 amide bonds. The minimum atomic E-state index is 0.714. The molecule has 0 rings (SSSR count). The summed E-state index contributed by atoms with van der Waals surface area (Å²) in [5.41, 5.74) is 0. The molecular formula is C8H16S. The van der Waals surface area contributed by atoms with E-state index < -0.39 is 0 Å². The summed E-state index contributed by atoms with van der Waals surface area (Å²) < 4.78 is 0. The molecule has 0 bridgehead atoms. The van der Waals surface area contributed by atoms with Gasteiger partial charge in [0.15, 0.2) is 0 Å². The van der Waals surface area contributed by atoms with Gasteiger partial charge in [0.2, 0.25) is 0 Å². The van der Waals surface area contributed by atoms with E-state index in [0.717, 1.165) is 18.1 Å². The van der Waals surface area contributed by atoms with Crippen LogP contribution in [-0.4, -0.2) is 5.75 Å². The molecule has 0 aliphatic rings. The fraction of sp³-hybridized carbons (Fsp3) is 0.750. The van der Waals surface area contributed by atoms with E-state index in [2.05, 4.69) is 33.1 Å². The molecule has 0 heterocycles. The molecule has 0 aliphatic carbocycles. The minimum Gasteiger partial charge on any atom is -0.179 e. The van der Waals surface area contributed by atoms with Crippen molar-refractivity contribution in [3.63, 3.8) is 0 Å². The molecule has 9 heavy (non-hydrogen) atoms. The van der Waals surface area contributed by atoms with Crippen molar-refractivity contribution < 1.29 is 0 Å². The zero-order valence-electron chi connectivity index (χ0n) is 6.30. The number of allylic oxidation sites excluding steroid dienone is 1. The first-order chi connectivity index (χ1) is 4.22. The summed E-state index contributed by atoms with van der Waals surface area (Å²) in [4.78, 5) is 0. The third kappa shape index (κ3) is 3.63. The van der Waals surface area contributed by atoms with E-state index in [1.54, 1.807) is 0 Å². The summed E-state index contributed by atoms with van der Waals surface area (Å²) in [7, 11) is 0. The maximum atomic E-state index is 4.21. The molecule has 0 aliphatic heterocycles. The molecule has 0 aromatic heterocycles. The number of hydrogen-bond acceptors (Lipinski definition) is 1. The van der Waals surface area contributed by atoms with Crippen LogP contribution in [0.1, 0.15) is 20.3 Å². The molecule has 0 spiro atoms. The Morgan fingerprint density at radius 3 is 2.33 bits per heavy atom. The maximum Gasteiger partial charge on any atom is -0.00695 e. The van der Waals surface area contributed by atoms with Gasteiger partial charge in [-0.3, -0.25) is 0 Å². The molecule has 0 N–H and O–H groups in total. The average Bonchev–Trinajstić information content (AvgIpc) is 1.87. The lowest BCUT2D eigenvalue weighted by Crippen LogP contribution is -2.07. The molecule has 0 saturated carbocycles. The SMILES string of the molecule is C=CCC(C)C(C)CS. The third-order valence-electron chi connectivity index (χ3n) is 1.80. The Bertz CT molecular complexity index is 78.6. The highest BCUT2D eigenvalue weighted by molar-refractivity contribution is 7.80. The normalized spacial score (nSPS) is 16.8. The molecule has 0 radical (unpaired) electrons. The second kappa shape index (κ2) is 4.92. The first-order valence-electron chi connectivity index (χ1n) is 3.44. The zero-order valence-corrected chi connectivity index (χ0v) is 7.20. The van der Waals surface area contributed by atoms with Crippen LogP contribution in [0.25, 0.3) is 0 Å². The molecule has 54 valence electrons. The minimum absolute atomic E-state index is 0.714. The molecule has 2 atom stereocenters. The van der Waals surface area contributed by atoms with Crippen LogP contribution in [-0.2, 0) is 0 Å². The Balaban J connectivity index is 3.44. The Labute approximate surface area is 63.8 Å². The summed E-state index contributed by atoms with van der Waals surface area (Å²) in [6.45, 7) is 8.15. The molecule has 1 heteroatoms. The average molecular weight is 144 g/mol. The Morgan fingerprint density at radius 1 is 1.44 bits per heavy atom. The summed E-state index contributed by atoms with van der Waals surface area (Å²) in [5, 5.41) is 0. The van der Waals surface area contributed by atoms with Crippen molar-refractivity contribution in [2.24, 2.45) is 11.8 Å². The number of hydrogen-bond donors (Lipinski definition) is 1. The summed E-state index contributed by atoms with van der Waals surface area (Å²) in [5.74, 6) is 2.43. The molecule has 0 aromatic carbocycles. The summed E-state index contributed by atoms with van der Waals surface area (Å²) >= 11 is 4.21. The van der Waals surface area contributed by atoms with Crippen LogP contribution < -0.4 is 0 Å². The molecular weight excluding hydrogens is 128 g/mol. The third-order valence-corrected chi connectivity index (χ3v) is 2.37. The van der Waals surface area contributed by atoms with Crippen LogP contribution >= 0.6 is 12.6 Å². The first-order valence-corrected chi connectivity index (χ1v) is 4.07. The van der Waals surface area contributed by atoms with Crippen molar-refractivity contribution in [1.82, 2.24) is 0 Å². The standard InChI is InChI=1S/C8H16S/c1-4-5-7(2)8(3)6-9/h4,7-9H,1,5-6H2,2-3H3. The molecule has 0 saturated heterocycles. The fourth-order valence-corrected chi connectivity index (χ4v) is 1.04. The van der Waals surface area contributed by atoms with Crippen LogP contribution in [0, 0.1) is 11.8 Å². The van der Waals surface area contributed by atoms with E-state index in [-0.39, 0.29) is 0 Å². The molecule has 2 unspecified atom stereocenters. The predicted molar refractivity (Wildman–Crippen MR) is 47.0 cm³/mol. The van der Waals surface area contributed by atoms with E-state index in [1.807, 2.05) is 6.08 Å². The second-order valence-electron chi connectivity index (χ2n) is 2.66. The van der Waals surface area contributed by atoms with E-state index in [4.69, 9.17) is 0 Å². The highest BCUT2D eigenvalue weighted by Gasteiger charge is 2.07. The van der Waals surface area contributed by atoms with E-state index >= 15 is 0 Å². The van der Waals surface area contributed by atoms with Gasteiger partial charge in [-0.05, 0) is 24.0 Å². The van der Waals surface area contributed by atoms with E-state index in [9.17, 15) is 0 Å². The molecule has 0 fully saturated rings. The van der Waals surface area contributed by atoms with Gasteiger partial charge in [-0.1, -0.05) is 19.9 Å². The van der Waals surface area contributed by atoms with Crippen molar-refractivity contribution in [3.05, 3.63) is 12.7 Å². The second-order valence-corrected chi connectivity index (χ2v) is 3.03. The van der Waals surface area contributed by atoms with Crippen LogP contribution in [0.15, 0.2) is 12.7 Å². The Morgan fingerprint density at radius 2 is 2.00 bits per heavy atom. The van der Waals surface area contributed by atoms with Crippen molar-refractivity contribution in [3.8, 4) is 0 Å². The van der Waals surface area contributed by atoms with Gasteiger partial charge in [-0.2, -0.15) is 12.6 Å². The highest BCUT2D eigenvalue weighted by Crippen LogP contribution is 2.15.